The molecule has 4 nitrogen and oxygen atoms in total. The Labute approximate surface area is 115 Å². The molecule has 0 radical (unpaired) electrons. The maximum absolute atomic E-state index is 11.6. The van der Waals surface area contributed by atoms with Gasteiger partial charge in [-0.2, -0.15) is 0 Å². The van der Waals surface area contributed by atoms with E-state index in [9.17, 15) is 4.79 Å². The number of nitrogens with two attached hydrogens (primary N) is 1. The molecule has 1 rings (SSSR count). The molecule has 0 aliphatic heterocycles. The smallest absolute Gasteiger partial charge is 0.239 e. The SMILES string of the molecule is CC(C)CNC(C(N)=O)c1cccc(OC(C)C)c1. The summed E-state index contributed by atoms with van der Waals surface area (Å²) in [5.74, 6) is 0.837. The first kappa shape index (κ1) is 15.5. The van der Waals surface area contributed by atoms with Gasteiger partial charge in [0.1, 0.15) is 11.8 Å². The Morgan fingerprint density at radius 2 is 2.00 bits per heavy atom. The van der Waals surface area contributed by atoms with Gasteiger partial charge in [0, 0.05) is 0 Å². The number of benzene rings is 1. The van der Waals surface area contributed by atoms with Crippen LogP contribution in [0.2, 0.25) is 0 Å². The molecule has 3 N–H and O–H groups in total. The zero-order valence-electron chi connectivity index (χ0n) is 12.1. The highest BCUT2D eigenvalue weighted by Gasteiger charge is 2.18. The first-order chi connectivity index (χ1) is 8.90. The Bertz CT molecular complexity index is 416. The lowest BCUT2D eigenvalue weighted by Crippen LogP contribution is -2.35. The van der Waals surface area contributed by atoms with Crippen LogP contribution in [0.25, 0.3) is 0 Å². The fourth-order valence-electron chi connectivity index (χ4n) is 1.78. The molecule has 0 saturated heterocycles. The van der Waals surface area contributed by atoms with E-state index in [0.717, 1.165) is 17.9 Å². The lowest BCUT2D eigenvalue weighted by atomic mass is 10.1. The summed E-state index contributed by atoms with van der Waals surface area (Å²) in [6.07, 6.45) is 0.103. The number of ether oxygens (including phenoxy) is 1. The van der Waals surface area contributed by atoms with Gasteiger partial charge in [-0.15, -0.1) is 0 Å². The number of rotatable bonds is 7. The normalized spacial score (nSPS) is 12.7. The van der Waals surface area contributed by atoms with Crippen LogP contribution in [0.1, 0.15) is 39.3 Å². The Hall–Kier alpha value is -1.55. The highest BCUT2D eigenvalue weighted by Crippen LogP contribution is 2.20. The molecule has 0 heterocycles. The maximum Gasteiger partial charge on any atom is 0.239 e. The summed E-state index contributed by atoms with van der Waals surface area (Å²) in [6, 6.07) is 7.03. The molecule has 1 unspecified atom stereocenters. The second kappa shape index (κ2) is 7.14. The van der Waals surface area contributed by atoms with Crippen molar-refractivity contribution in [1.29, 1.82) is 0 Å². The number of hydrogen-bond donors (Lipinski definition) is 2. The van der Waals surface area contributed by atoms with Crippen molar-refractivity contribution in [2.45, 2.75) is 39.8 Å². The largest absolute Gasteiger partial charge is 0.491 e. The molecule has 0 saturated carbocycles. The first-order valence-corrected chi connectivity index (χ1v) is 6.69. The third kappa shape index (κ3) is 5.30. The lowest BCUT2D eigenvalue weighted by molar-refractivity contribution is -0.120. The fourth-order valence-corrected chi connectivity index (χ4v) is 1.78. The molecule has 0 fully saturated rings. The molecule has 4 heteroatoms. The Kier molecular flexibility index (Phi) is 5.83. The molecule has 0 spiro atoms. The van der Waals surface area contributed by atoms with Crippen molar-refractivity contribution in [1.82, 2.24) is 5.32 Å². The third-order valence-electron chi connectivity index (χ3n) is 2.58. The van der Waals surface area contributed by atoms with Crippen LogP contribution in [0.5, 0.6) is 5.75 Å². The van der Waals surface area contributed by atoms with E-state index in [1.165, 1.54) is 0 Å². The maximum atomic E-state index is 11.6. The van der Waals surface area contributed by atoms with Crippen LogP contribution in [-0.4, -0.2) is 18.6 Å². The van der Waals surface area contributed by atoms with Crippen molar-refractivity contribution in [3.05, 3.63) is 29.8 Å². The minimum atomic E-state index is -0.474. The van der Waals surface area contributed by atoms with Crippen molar-refractivity contribution >= 4 is 5.91 Å². The van der Waals surface area contributed by atoms with Crippen LogP contribution in [-0.2, 0) is 4.79 Å². The quantitative estimate of drug-likeness (QED) is 0.794. The Morgan fingerprint density at radius 1 is 1.32 bits per heavy atom. The van der Waals surface area contributed by atoms with E-state index < -0.39 is 6.04 Å². The van der Waals surface area contributed by atoms with Gasteiger partial charge >= 0.3 is 0 Å². The average Bonchev–Trinajstić information content (AvgIpc) is 2.27. The number of carbonyl (C=O) groups is 1. The topological polar surface area (TPSA) is 64.3 Å². The number of primary amides is 1. The van der Waals surface area contributed by atoms with Crippen molar-refractivity contribution in [3.8, 4) is 5.75 Å². The van der Waals surface area contributed by atoms with Gasteiger partial charge in [0.15, 0.2) is 0 Å². The van der Waals surface area contributed by atoms with Crippen LogP contribution in [0.3, 0.4) is 0 Å². The molecule has 1 amide bonds. The van der Waals surface area contributed by atoms with Gasteiger partial charge < -0.3 is 15.8 Å². The van der Waals surface area contributed by atoms with E-state index in [1.807, 2.05) is 38.1 Å². The van der Waals surface area contributed by atoms with Crippen molar-refractivity contribution in [2.24, 2.45) is 11.7 Å². The monoisotopic (exact) mass is 264 g/mol. The summed E-state index contributed by atoms with van der Waals surface area (Å²) in [6.45, 7) is 8.85. The average molecular weight is 264 g/mol. The van der Waals surface area contributed by atoms with E-state index in [0.29, 0.717) is 5.92 Å². The molecule has 0 bridgehead atoms. The molecule has 1 aromatic carbocycles. The van der Waals surface area contributed by atoms with Crippen LogP contribution >= 0.6 is 0 Å². The summed E-state index contributed by atoms with van der Waals surface area (Å²) >= 11 is 0. The number of hydrogen-bond acceptors (Lipinski definition) is 3. The van der Waals surface area contributed by atoms with Gasteiger partial charge in [-0.25, -0.2) is 0 Å². The van der Waals surface area contributed by atoms with Gasteiger partial charge in [0.25, 0.3) is 0 Å². The molecule has 19 heavy (non-hydrogen) atoms. The minimum absolute atomic E-state index is 0.103. The standard InChI is InChI=1S/C15H24N2O2/c1-10(2)9-17-14(15(16)18)12-6-5-7-13(8-12)19-11(3)4/h5-8,10-11,14,17H,9H2,1-4H3,(H2,16,18). The first-order valence-electron chi connectivity index (χ1n) is 6.69. The van der Waals surface area contributed by atoms with Crippen molar-refractivity contribution in [3.63, 3.8) is 0 Å². The van der Waals surface area contributed by atoms with E-state index >= 15 is 0 Å². The third-order valence-corrected chi connectivity index (χ3v) is 2.58. The second-order valence-electron chi connectivity index (χ2n) is 5.38. The summed E-state index contributed by atoms with van der Waals surface area (Å²) in [5.41, 5.74) is 6.30. The molecule has 1 aromatic rings. The van der Waals surface area contributed by atoms with Crippen LogP contribution < -0.4 is 15.8 Å². The molecule has 106 valence electrons. The fraction of sp³-hybridized carbons (Fsp3) is 0.533. The van der Waals surface area contributed by atoms with Gasteiger partial charge in [-0.3, -0.25) is 4.79 Å². The minimum Gasteiger partial charge on any atom is -0.491 e. The molecular formula is C15H24N2O2. The zero-order chi connectivity index (χ0) is 14.4. The van der Waals surface area contributed by atoms with Crippen LogP contribution in [0.4, 0.5) is 0 Å². The lowest BCUT2D eigenvalue weighted by Gasteiger charge is -2.18. The van der Waals surface area contributed by atoms with E-state index in [-0.39, 0.29) is 12.0 Å². The summed E-state index contributed by atoms with van der Waals surface area (Å²) in [4.78, 5) is 11.6. The Morgan fingerprint density at radius 3 is 2.53 bits per heavy atom. The van der Waals surface area contributed by atoms with E-state index in [2.05, 4.69) is 19.2 Å². The van der Waals surface area contributed by atoms with Gasteiger partial charge in [-0.05, 0) is 44.0 Å². The van der Waals surface area contributed by atoms with Crippen LogP contribution in [0, 0.1) is 5.92 Å². The Balaban J connectivity index is 2.86. The zero-order valence-corrected chi connectivity index (χ0v) is 12.1. The summed E-state index contributed by atoms with van der Waals surface area (Å²) < 4.78 is 5.63. The van der Waals surface area contributed by atoms with Crippen LogP contribution in [0.15, 0.2) is 24.3 Å². The highest BCUT2D eigenvalue weighted by molar-refractivity contribution is 5.81. The van der Waals surface area contributed by atoms with Gasteiger partial charge in [-0.1, -0.05) is 26.0 Å². The number of amides is 1. The molecule has 0 aliphatic carbocycles. The molecular weight excluding hydrogens is 240 g/mol. The molecule has 1 atom stereocenters. The summed E-state index contributed by atoms with van der Waals surface area (Å²) in [7, 11) is 0. The number of nitrogens with one attached hydrogen (secondary N) is 1. The molecule has 0 aromatic heterocycles. The predicted octanol–water partition coefficient (Wildman–Crippen LogP) is 2.25. The van der Waals surface area contributed by atoms with Crippen molar-refractivity contribution < 1.29 is 9.53 Å². The predicted molar refractivity (Wildman–Crippen MR) is 77.0 cm³/mol. The second-order valence-corrected chi connectivity index (χ2v) is 5.38. The van der Waals surface area contributed by atoms with E-state index in [1.54, 1.807) is 0 Å². The van der Waals surface area contributed by atoms with Crippen molar-refractivity contribution in [2.75, 3.05) is 6.54 Å². The van der Waals surface area contributed by atoms with E-state index in [4.69, 9.17) is 10.5 Å². The molecule has 0 aliphatic rings. The van der Waals surface area contributed by atoms with Gasteiger partial charge in [0.2, 0.25) is 5.91 Å². The summed E-state index contributed by atoms with van der Waals surface area (Å²) in [5, 5.41) is 3.19. The number of carbonyl (C=O) groups excluding carboxylic acids is 1. The highest BCUT2D eigenvalue weighted by atomic mass is 16.5. The van der Waals surface area contributed by atoms with Gasteiger partial charge in [0.05, 0.1) is 6.10 Å².